The lowest BCUT2D eigenvalue weighted by Crippen LogP contribution is -2.12. The molecule has 0 saturated carbocycles. The molecule has 1 N–H and O–H groups in total. The summed E-state index contributed by atoms with van der Waals surface area (Å²) < 4.78 is 0.897. The molecule has 0 aliphatic carbocycles. The molecule has 3 aromatic rings. The van der Waals surface area contributed by atoms with Gasteiger partial charge in [-0.25, -0.2) is 0 Å². The standard InChI is InChI=1S/C17H12BrNOS/c18-12-8-9-14(16(21)10-12)17(20)19-15-7-3-5-11-4-1-2-6-13(11)15/h1-10,21H,(H,19,20). The van der Waals surface area contributed by atoms with E-state index in [9.17, 15) is 4.79 Å². The van der Waals surface area contributed by atoms with Gasteiger partial charge in [-0.05, 0) is 29.7 Å². The molecule has 0 aliphatic heterocycles. The molecule has 0 bridgehead atoms. The summed E-state index contributed by atoms with van der Waals surface area (Å²) in [6.45, 7) is 0. The molecule has 3 aromatic carbocycles. The number of thiol groups is 1. The van der Waals surface area contributed by atoms with Crippen LogP contribution >= 0.6 is 28.6 Å². The van der Waals surface area contributed by atoms with Gasteiger partial charge in [-0.2, -0.15) is 0 Å². The number of benzene rings is 3. The van der Waals surface area contributed by atoms with Gasteiger partial charge < -0.3 is 5.32 Å². The van der Waals surface area contributed by atoms with Gasteiger partial charge in [-0.3, -0.25) is 4.79 Å². The number of amides is 1. The van der Waals surface area contributed by atoms with E-state index in [0.29, 0.717) is 10.5 Å². The fourth-order valence-corrected chi connectivity index (χ4v) is 3.07. The summed E-state index contributed by atoms with van der Waals surface area (Å²) >= 11 is 7.72. The molecular formula is C17H12BrNOS. The molecule has 0 aliphatic rings. The first-order chi connectivity index (χ1) is 10.1. The van der Waals surface area contributed by atoms with Crippen LogP contribution in [0.25, 0.3) is 10.8 Å². The largest absolute Gasteiger partial charge is 0.321 e. The van der Waals surface area contributed by atoms with Crippen molar-refractivity contribution in [2.75, 3.05) is 5.32 Å². The minimum Gasteiger partial charge on any atom is -0.321 e. The van der Waals surface area contributed by atoms with Crippen LogP contribution in [-0.2, 0) is 0 Å². The van der Waals surface area contributed by atoms with Crippen LogP contribution in [0.2, 0.25) is 0 Å². The Morgan fingerprint density at radius 1 is 1.00 bits per heavy atom. The quantitative estimate of drug-likeness (QED) is 0.610. The van der Waals surface area contributed by atoms with Gasteiger partial charge >= 0.3 is 0 Å². The van der Waals surface area contributed by atoms with E-state index in [4.69, 9.17) is 0 Å². The highest BCUT2D eigenvalue weighted by molar-refractivity contribution is 9.10. The molecule has 0 fully saturated rings. The molecule has 21 heavy (non-hydrogen) atoms. The second-order valence-electron chi connectivity index (χ2n) is 4.64. The number of hydrogen-bond donors (Lipinski definition) is 2. The number of halogens is 1. The summed E-state index contributed by atoms with van der Waals surface area (Å²) in [5, 5.41) is 5.07. The lowest BCUT2D eigenvalue weighted by atomic mass is 10.1. The third-order valence-electron chi connectivity index (χ3n) is 3.24. The van der Waals surface area contributed by atoms with Crippen molar-refractivity contribution in [2.45, 2.75) is 4.90 Å². The second kappa shape index (κ2) is 5.92. The first-order valence-corrected chi connectivity index (χ1v) is 7.67. The van der Waals surface area contributed by atoms with Gasteiger partial charge in [0.25, 0.3) is 5.91 Å². The fourth-order valence-electron chi connectivity index (χ4n) is 2.22. The van der Waals surface area contributed by atoms with Crippen LogP contribution in [0.5, 0.6) is 0 Å². The molecule has 0 aromatic heterocycles. The van der Waals surface area contributed by atoms with Gasteiger partial charge in [-0.1, -0.05) is 52.3 Å². The topological polar surface area (TPSA) is 29.1 Å². The van der Waals surface area contributed by atoms with E-state index in [1.807, 2.05) is 48.5 Å². The Balaban J connectivity index is 1.97. The SMILES string of the molecule is O=C(Nc1cccc2ccccc12)c1ccc(Br)cc1S. The Bertz CT molecular complexity index is 827. The van der Waals surface area contributed by atoms with Crippen molar-refractivity contribution in [2.24, 2.45) is 0 Å². The van der Waals surface area contributed by atoms with Crippen molar-refractivity contribution in [1.29, 1.82) is 0 Å². The zero-order valence-electron chi connectivity index (χ0n) is 11.0. The van der Waals surface area contributed by atoms with E-state index in [1.165, 1.54) is 0 Å². The number of fused-ring (bicyclic) bond motifs is 1. The van der Waals surface area contributed by atoms with E-state index in [1.54, 1.807) is 12.1 Å². The Morgan fingerprint density at radius 2 is 1.76 bits per heavy atom. The predicted octanol–water partition coefficient (Wildman–Crippen LogP) is 5.14. The third-order valence-corrected chi connectivity index (χ3v) is 4.11. The molecule has 3 rings (SSSR count). The van der Waals surface area contributed by atoms with E-state index in [2.05, 4.69) is 33.9 Å². The molecule has 1 amide bonds. The van der Waals surface area contributed by atoms with E-state index >= 15 is 0 Å². The lowest BCUT2D eigenvalue weighted by Gasteiger charge is -2.10. The number of carbonyl (C=O) groups excluding carboxylic acids is 1. The zero-order valence-corrected chi connectivity index (χ0v) is 13.5. The van der Waals surface area contributed by atoms with Crippen LogP contribution in [0.4, 0.5) is 5.69 Å². The van der Waals surface area contributed by atoms with Gasteiger partial charge in [0.1, 0.15) is 0 Å². The molecule has 0 heterocycles. The van der Waals surface area contributed by atoms with Crippen molar-refractivity contribution in [3.8, 4) is 0 Å². The molecule has 0 spiro atoms. The Labute approximate surface area is 136 Å². The number of nitrogens with one attached hydrogen (secondary N) is 1. The molecule has 104 valence electrons. The number of anilines is 1. The zero-order chi connectivity index (χ0) is 14.8. The van der Waals surface area contributed by atoms with Crippen molar-refractivity contribution < 1.29 is 4.79 Å². The summed E-state index contributed by atoms with van der Waals surface area (Å²) in [6.07, 6.45) is 0. The lowest BCUT2D eigenvalue weighted by molar-refractivity contribution is 0.102. The first kappa shape index (κ1) is 14.2. The molecule has 0 atom stereocenters. The molecule has 2 nitrogen and oxygen atoms in total. The highest BCUT2D eigenvalue weighted by Crippen LogP contribution is 2.25. The summed E-state index contributed by atoms with van der Waals surface area (Å²) in [5.74, 6) is -0.163. The average Bonchev–Trinajstić information content (AvgIpc) is 2.47. The van der Waals surface area contributed by atoms with Crippen LogP contribution in [-0.4, -0.2) is 5.91 Å². The van der Waals surface area contributed by atoms with Crippen LogP contribution in [0.3, 0.4) is 0 Å². The van der Waals surface area contributed by atoms with Gasteiger partial charge in [0.2, 0.25) is 0 Å². The minimum atomic E-state index is -0.163. The maximum Gasteiger partial charge on any atom is 0.256 e. The number of rotatable bonds is 2. The summed E-state index contributed by atoms with van der Waals surface area (Å²) in [5.41, 5.74) is 1.35. The molecule has 0 unspecified atom stereocenters. The number of hydrogen-bond acceptors (Lipinski definition) is 2. The van der Waals surface area contributed by atoms with Crippen molar-refractivity contribution >= 4 is 50.9 Å². The summed E-state index contributed by atoms with van der Waals surface area (Å²) in [7, 11) is 0. The van der Waals surface area contributed by atoms with Crippen LogP contribution < -0.4 is 5.32 Å². The smallest absolute Gasteiger partial charge is 0.256 e. The molecule has 0 radical (unpaired) electrons. The maximum absolute atomic E-state index is 12.4. The van der Waals surface area contributed by atoms with Crippen LogP contribution in [0.15, 0.2) is 70.0 Å². The third kappa shape index (κ3) is 2.96. The molecule has 0 saturated heterocycles. The summed E-state index contributed by atoms with van der Waals surface area (Å²) in [6, 6.07) is 19.2. The maximum atomic E-state index is 12.4. The van der Waals surface area contributed by atoms with Crippen molar-refractivity contribution in [1.82, 2.24) is 0 Å². The van der Waals surface area contributed by atoms with Crippen molar-refractivity contribution in [3.63, 3.8) is 0 Å². The average molecular weight is 358 g/mol. The molecular weight excluding hydrogens is 346 g/mol. The van der Waals surface area contributed by atoms with Crippen LogP contribution in [0.1, 0.15) is 10.4 Å². The Kier molecular flexibility index (Phi) is 3.99. The Morgan fingerprint density at radius 3 is 2.57 bits per heavy atom. The Hall–Kier alpha value is -1.78. The normalized spacial score (nSPS) is 10.6. The monoisotopic (exact) mass is 357 g/mol. The van der Waals surface area contributed by atoms with Gasteiger partial charge in [0.05, 0.1) is 5.56 Å². The highest BCUT2D eigenvalue weighted by atomic mass is 79.9. The minimum absolute atomic E-state index is 0.163. The van der Waals surface area contributed by atoms with E-state index in [0.717, 1.165) is 20.9 Å². The first-order valence-electron chi connectivity index (χ1n) is 6.43. The van der Waals surface area contributed by atoms with Gasteiger partial charge in [-0.15, -0.1) is 12.6 Å². The van der Waals surface area contributed by atoms with Crippen LogP contribution in [0, 0.1) is 0 Å². The van der Waals surface area contributed by atoms with Gasteiger partial charge in [0, 0.05) is 20.4 Å². The van der Waals surface area contributed by atoms with Gasteiger partial charge in [0.15, 0.2) is 0 Å². The second-order valence-corrected chi connectivity index (χ2v) is 6.04. The van der Waals surface area contributed by atoms with E-state index in [-0.39, 0.29) is 5.91 Å². The summed E-state index contributed by atoms with van der Waals surface area (Å²) in [4.78, 5) is 13.1. The predicted molar refractivity (Wildman–Crippen MR) is 93.3 cm³/mol. The highest BCUT2D eigenvalue weighted by Gasteiger charge is 2.11. The molecule has 4 heteroatoms. The fraction of sp³-hybridized carbons (Fsp3) is 0. The van der Waals surface area contributed by atoms with Crippen molar-refractivity contribution in [3.05, 3.63) is 70.7 Å². The van der Waals surface area contributed by atoms with E-state index < -0.39 is 0 Å². The number of carbonyl (C=O) groups is 1.